The summed E-state index contributed by atoms with van der Waals surface area (Å²) in [4.78, 5) is 4.75. The lowest BCUT2D eigenvalue weighted by atomic mass is 10.0. The lowest BCUT2D eigenvalue weighted by Crippen LogP contribution is -1.98. The Balaban J connectivity index is 2.50. The van der Waals surface area contributed by atoms with Crippen LogP contribution in [0.2, 0.25) is 0 Å². The molecule has 9 heavy (non-hydrogen) atoms. The lowest BCUT2D eigenvalue weighted by molar-refractivity contribution is 0.257. The highest BCUT2D eigenvalue weighted by molar-refractivity contribution is 5.61. The van der Waals surface area contributed by atoms with Crippen LogP contribution in [-0.4, -0.2) is 6.21 Å². The zero-order valence-electron chi connectivity index (χ0n) is 5.79. The van der Waals surface area contributed by atoms with Gasteiger partial charge in [-0.3, -0.25) is 0 Å². The second kappa shape index (κ2) is 2.67. The minimum Gasteiger partial charge on any atom is -0.365 e. The van der Waals surface area contributed by atoms with Crippen molar-refractivity contribution in [2.75, 3.05) is 0 Å². The predicted octanol–water partition coefficient (Wildman–Crippen LogP) is 1.93. The van der Waals surface area contributed by atoms with E-state index in [9.17, 15) is 0 Å². The Labute approximate surface area is 55.2 Å². The first-order valence-electron chi connectivity index (χ1n) is 3.17. The van der Waals surface area contributed by atoms with Crippen LogP contribution in [0.1, 0.15) is 20.3 Å². The Morgan fingerprint density at radius 1 is 1.67 bits per heavy atom. The van der Waals surface area contributed by atoms with Crippen LogP contribution in [0.4, 0.5) is 0 Å². The molecule has 0 N–H and O–H groups in total. The molecule has 1 rings (SSSR count). The van der Waals surface area contributed by atoms with Crippen molar-refractivity contribution in [1.29, 1.82) is 0 Å². The molecule has 0 saturated carbocycles. The van der Waals surface area contributed by atoms with Crippen molar-refractivity contribution >= 4 is 6.21 Å². The van der Waals surface area contributed by atoms with E-state index in [2.05, 4.69) is 19.0 Å². The van der Waals surface area contributed by atoms with Crippen molar-refractivity contribution in [3.63, 3.8) is 0 Å². The number of hydrogen-bond donors (Lipinski definition) is 0. The normalized spacial score (nSPS) is 17.4. The zero-order valence-corrected chi connectivity index (χ0v) is 5.79. The molecule has 0 aliphatic carbocycles. The van der Waals surface area contributed by atoms with Gasteiger partial charge in [0.2, 0.25) is 0 Å². The fourth-order valence-electron chi connectivity index (χ4n) is 0.704. The molecule has 1 aliphatic heterocycles. The highest BCUT2D eigenvalue weighted by atomic mass is 16.6. The summed E-state index contributed by atoms with van der Waals surface area (Å²) in [5.41, 5.74) is 1.31. The van der Waals surface area contributed by atoms with E-state index >= 15 is 0 Å². The Morgan fingerprint density at radius 3 is 2.78 bits per heavy atom. The average molecular weight is 125 g/mol. The summed E-state index contributed by atoms with van der Waals surface area (Å²) >= 11 is 0. The van der Waals surface area contributed by atoms with Gasteiger partial charge in [-0.05, 0) is 11.5 Å². The highest BCUT2D eigenvalue weighted by Gasteiger charge is 2.04. The maximum Gasteiger partial charge on any atom is 0.121 e. The molecular formula is C7H11NO. The van der Waals surface area contributed by atoms with Crippen molar-refractivity contribution in [2.45, 2.75) is 20.3 Å². The summed E-state index contributed by atoms with van der Waals surface area (Å²) in [5, 5.41) is 3.61. The molecule has 0 spiro atoms. The molecule has 0 bridgehead atoms. The molecule has 0 fully saturated rings. The molecule has 1 aliphatic rings. The molecule has 2 heteroatoms. The van der Waals surface area contributed by atoms with Crippen LogP contribution >= 0.6 is 0 Å². The van der Waals surface area contributed by atoms with Gasteiger partial charge in [-0.1, -0.05) is 19.0 Å². The van der Waals surface area contributed by atoms with Crippen LogP contribution < -0.4 is 0 Å². The van der Waals surface area contributed by atoms with E-state index in [1.807, 2.05) is 0 Å². The third-order valence-corrected chi connectivity index (χ3v) is 1.41. The molecule has 2 nitrogen and oxygen atoms in total. The number of nitrogens with zero attached hydrogens (tertiary/aromatic N) is 1. The van der Waals surface area contributed by atoms with Gasteiger partial charge in [0, 0.05) is 12.6 Å². The van der Waals surface area contributed by atoms with Crippen LogP contribution in [0.3, 0.4) is 0 Å². The van der Waals surface area contributed by atoms with Crippen LogP contribution in [0.15, 0.2) is 17.0 Å². The van der Waals surface area contributed by atoms with Crippen molar-refractivity contribution < 1.29 is 4.84 Å². The first-order valence-corrected chi connectivity index (χ1v) is 3.17. The molecule has 0 saturated heterocycles. The van der Waals surface area contributed by atoms with Gasteiger partial charge in [-0.25, -0.2) is 0 Å². The van der Waals surface area contributed by atoms with Gasteiger partial charge in [0.15, 0.2) is 0 Å². The largest absolute Gasteiger partial charge is 0.365 e. The second-order valence-electron chi connectivity index (χ2n) is 2.44. The fraction of sp³-hybridized carbons (Fsp3) is 0.571. The average Bonchev–Trinajstić information content (AvgIpc) is 1.90. The maximum absolute atomic E-state index is 4.75. The summed E-state index contributed by atoms with van der Waals surface area (Å²) in [7, 11) is 0. The van der Waals surface area contributed by atoms with Crippen LogP contribution in [-0.2, 0) is 4.84 Å². The molecule has 0 aromatic rings. The Kier molecular flexibility index (Phi) is 1.88. The van der Waals surface area contributed by atoms with E-state index in [0.717, 1.165) is 6.42 Å². The van der Waals surface area contributed by atoms with Crippen molar-refractivity contribution in [3.05, 3.63) is 11.8 Å². The number of rotatable bonds is 1. The monoisotopic (exact) mass is 125 g/mol. The summed E-state index contributed by atoms with van der Waals surface area (Å²) in [6.07, 6.45) is 4.46. The molecule has 0 aromatic heterocycles. The fourth-order valence-corrected chi connectivity index (χ4v) is 0.704. The maximum atomic E-state index is 4.75. The molecule has 0 amide bonds. The molecule has 0 atom stereocenters. The van der Waals surface area contributed by atoms with Crippen LogP contribution in [0.5, 0.6) is 0 Å². The summed E-state index contributed by atoms with van der Waals surface area (Å²) in [5.74, 6) is 0.580. The molecule has 50 valence electrons. The number of hydrogen-bond acceptors (Lipinski definition) is 2. The smallest absolute Gasteiger partial charge is 0.121 e. The number of allylic oxidation sites excluding steroid dienone is 1. The third kappa shape index (κ3) is 1.56. The first kappa shape index (κ1) is 6.33. The summed E-state index contributed by atoms with van der Waals surface area (Å²) < 4.78 is 0. The van der Waals surface area contributed by atoms with E-state index in [-0.39, 0.29) is 0 Å². The van der Waals surface area contributed by atoms with Crippen LogP contribution in [0.25, 0.3) is 0 Å². The molecular weight excluding hydrogens is 114 g/mol. The Hall–Kier alpha value is -0.790. The van der Waals surface area contributed by atoms with Crippen molar-refractivity contribution in [2.24, 2.45) is 11.1 Å². The summed E-state index contributed by atoms with van der Waals surface area (Å²) in [6.45, 7) is 4.29. The van der Waals surface area contributed by atoms with Gasteiger partial charge in [-0.2, -0.15) is 0 Å². The highest BCUT2D eigenvalue weighted by Crippen LogP contribution is 2.14. The van der Waals surface area contributed by atoms with Gasteiger partial charge in [0.05, 0.1) is 0 Å². The topological polar surface area (TPSA) is 21.6 Å². The molecule has 0 unspecified atom stereocenters. The standard InChI is InChI=1S/C7H11NO/c1-6(2)7-3-4-8-9-5-7/h4-6H,3H2,1-2H3. The Bertz CT molecular complexity index is 147. The van der Waals surface area contributed by atoms with E-state index in [1.54, 1.807) is 12.5 Å². The van der Waals surface area contributed by atoms with Gasteiger partial charge < -0.3 is 4.84 Å². The third-order valence-electron chi connectivity index (χ3n) is 1.41. The zero-order chi connectivity index (χ0) is 6.69. The quantitative estimate of drug-likeness (QED) is 0.524. The summed E-state index contributed by atoms with van der Waals surface area (Å²) in [6, 6.07) is 0. The first-order chi connectivity index (χ1) is 4.30. The second-order valence-corrected chi connectivity index (χ2v) is 2.44. The Morgan fingerprint density at radius 2 is 2.44 bits per heavy atom. The van der Waals surface area contributed by atoms with E-state index in [0.29, 0.717) is 5.92 Å². The van der Waals surface area contributed by atoms with Gasteiger partial charge in [0.25, 0.3) is 0 Å². The minimum atomic E-state index is 0.580. The van der Waals surface area contributed by atoms with Gasteiger partial charge in [-0.15, -0.1) is 0 Å². The van der Waals surface area contributed by atoms with E-state index < -0.39 is 0 Å². The van der Waals surface area contributed by atoms with Crippen molar-refractivity contribution in [3.8, 4) is 0 Å². The SMILES string of the molecule is CC(C)C1=CON=CC1. The molecule has 0 aromatic carbocycles. The molecule has 1 heterocycles. The number of oxime groups is 1. The van der Waals surface area contributed by atoms with Crippen molar-refractivity contribution in [1.82, 2.24) is 0 Å². The molecule has 0 radical (unpaired) electrons. The van der Waals surface area contributed by atoms with E-state index in [4.69, 9.17) is 4.84 Å². The van der Waals surface area contributed by atoms with Gasteiger partial charge >= 0.3 is 0 Å². The minimum absolute atomic E-state index is 0.580. The van der Waals surface area contributed by atoms with Crippen LogP contribution in [0, 0.1) is 5.92 Å². The van der Waals surface area contributed by atoms with Gasteiger partial charge in [0.1, 0.15) is 6.26 Å². The lowest BCUT2D eigenvalue weighted by Gasteiger charge is -2.09. The van der Waals surface area contributed by atoms with E-state index in [1.165, 1.54) is 5.57 Å². The predicted molar refractivity (Wildman–Crippen MR) is 37.1 cm³/mol.